The summed E-state index contributed by atoms with van der Waals surface area (Å²) in [7, 11) is 0. The van der Waals surface area contributed by atoms with Crippen molar-refractivity contribution in [2.24, 2.45) is 11.7 Å². The normalized spacial score (nSPS) is 18.4. The molecule has 0 aromatic heterocycles. The summed E-state index contributed by atoms with van der Waals surface area (Å²) in [5.74, 6) is -0.728. The molecule has 0 aliphatic heterocycles. The third kappa shape index (κ3) is 5.52. The van der Waals surface area contributed by atoms with Gasteiger partial charge in [0.05, 0.1) is 0 Å². The molecule has 0 bridgehead atoms. The number of nitrogens with one attached hydrogen (secondary N) is 2. The number of benzene rings is 2. The molecule has 7 heteroatoms. The van der Waals surface area contributed by atoms with Gasteiger partial charge in [0.15, 0.2) is 0 Å². The molecule has 0 radical (unpaired) electrons. The van der Waals surface area contributed by atoms with E-state index in [1.807, 2.05) is 0 Å². The molecule has 2 amide bonds. The zero-order valence-corrected chi connectivity index (χ0v) is 15.6. The molecule has 0 saturated heterocycles. The van der Waals surface area contributed by atoms with Crippen LogP contribution in [0, 0.1) is 11.7 Å². The summed E-state index contributed by atoms with van der Waals surface area (Å²) in [5, 5.41) is 5.55. The average Bonchev–Trinajstić information content (AvgIpc) is 3.08. The second-order valence-electron chi connectivity index (χ2n) is 6.61. The van der Waals surface area contributed by atoms with Crippen molar-refractivity contribution in [1.82, 2.24) is 5.32 Å². The second kappa shape index (κ2) is 9.48. The quantitative estimate of drug-likeness (QED) is 0.731. The molecule has 2 atom stereocenters. The summed E-state index contributed by atoms with van der Waals surface area (Å²) in [6.07, 6.45) is 2.39. The lowest BCUT2D eigenvalue weighted by Gasteiger charge is -2.11. The molecule has 1 saturated carbocycles. The molecule has 5 nitrogen and oxygen atoms in total. The molecule has 4 N–H and O–H groups in total. The Morgan fingerprint density at radius 3 is 2.41 bits per heavy atom. The van der Waals surface area contributed by atoms with Gasteiger partial charge in [-0.05, 0) is 49.6 Å². The topological polar surface area (TPSA) is 84.2 Å². The minimum Gasteiger partial charge on any atom is -0.348 e. The van der Waals surface area contributed by atoms with Crippen molar-refractivity contribution >= 4 is 29.9 Å². The maximum atomic E-state index is 13.6. The van der Waals surface area contributed by atoms with Gasteiger partial charge in [0.1, 0.15) is 5.82 Å². The van der Waals surface area contributed by atoms with Crippen LogP contribution in [0.25, 0.3) is 0 Å². The van der Waals surface area contributed by atoms with Gasteiger partial charge < -0.3 is 16.4 Å². The number of anilines is 1. The minimum atomic E-state index is -0.350. The predicted molar refractivity (Wildman–Crippen MR) is 105 cm³/mol. The van der Waals surface area contributed by atoms with E-state index >= 15 is 0 Å². The Morgan fingerprint density at radius 1 is 1.07 bits per heavy atom. The van der Waals surface area contributed by atoms with Crippen LogP contribution in [0.5, 0.6) is 0 Å². The number of hydrogen-bond donors (Lipinski definition) is 3. The molecule has 3 rings (SSSR count). The number of rotatable bonds is 5. The van der Waals surface area contributed by atoms with Gasteiger partial charge in [0.25, 0.3) is 5.91 Å². The van der Waals surface area contributed by atoms with E-state index in [-0.39, 0.29) is 48.5 Å². The van der Waals surface area contributed by atoms with Crippen LogP contribution in [0.15, 0.2) is 48.5 Å². The maximum absolute atomic E-state index is 13.6. The zero-order chi connectivity index (χ0) is 18.5. The molecule has 2 aromatic carbocycles. The number of nitrogens with two attached hydrogens (primary N) is 1. The number of hydrogen-bond acceptors (Lipinski definition) is 3. The van der Waals surface area contributed by atoms with E-state index in [4.69, 9.17) is 5.73 Å². The van der Waals surface area contributed by atoms with Gasteiger partial charge in [-0.3, -0.25) is 9.59 Å². The Kier molecular flexibility index (Phi) is 7.33. The fraction of sp³-hybridized carbons (Fsp3) is 0.300. The van der Waals surface area contributed by atoms with Gasteiger partial charge in [0.2, 0.25) is 5.91 Å². The predicted octanol–water partition coefficient (Wildman–Crippen LogP) is 3.24. The van der Waals surface area contributed by atoms with Crippen LogP contribution in [0.1, 0.15) is 35.2 Å². The average molecular weight is 392 g/mol. The molecule has 0 heterocycles. The monoisotopic (exact) mass is 391 g/mol. The Balaban J connectivity index is 0.00000261. The van der Waals surface area contributed by atoms with Crippen molar-refractivity contribution in [2.75, 3.05) is 5.32 Å². The van der Waals surface area contributed by atoms with Crippen molar-refractivity contribution in [3.05, 3.63) is 65.5 Å². The van der Waals surface area contributed by atoms with Crippen LogP contribution in [-0.4, -0.2) is 17.9 Å². The van der Waals surface area contributed by atoms with Gasteiger partial charge in [-0.2, -0.15) is 0 Å². The van der Waals surface area contributed by atoms with Crippen molar-refractivity contribution < 1.29 is 14.0 Å². The SMILES string of the molecule is Cl.NC1CCC(C(=O)Nc2ccc(C(=O)NCc3ccccc3F)cc2)C1. The highest BCUT2D eigenvalue weighted by Gasteiger charge is 2.27. The lowest BCUT2D eigenvalue weighted by molar-refractivity contribution is -0.119. The molecule has 1 aliphatic carbocycles. The van der Waals surface area contributed by atoms with Gasteiger partial charge in [-0.1, -0.05) is 18.2 Å². The standard InChI is InChI=1S/C20H22FN3O2.ClH/c21-18-4-2-1-3-15(18)12-23-19(25)13-6-9-17(10-7-13)24-20(26)14-5-8-16(22)11-14;/h1-4,6-7,9-10,14,16H,5,8,11-12,22H2,(H,23,25)(H,24,26);1H. The van der Waals surface area contributed by atoms with Gasteiger partial charge >= 0.3 is 0 Å². The van der Waals surface area contributed by atoms with Crippen LogP contribution in [0.3, 0.4) is 0 Å². The van der Waals surface area contributed by atoms with Gasteiger partial charge in [-0.25, -0.2) is 4.39 Å². The lowest BCUT2D eigenvalue weighted by atomic mass is 10.1. The molecule has 1 fully saturated rings. The highest BCUT2D eigenvalue weighted by Crippen LogP contribution is 2.25. The van der Waals surface area contributed by atoms with Crippen LogP contribution >= 0.6 is 12.4 Å². The van der Waals surface area contributed by atoms with E-state index < -0.39 is 0 Å². The van der Waals surface area contributed by atoms with Crippen molar-refractivity contribution in [3.63, 3.8) is 0 Å². The molecule has 144 valence electrons. The van der Waals surface area contributed by atoms with Gasteiger partial charge in [0, 0.05) is 35.3 Å². The highest BCUT2D eigenvalue weighted by molar-refractivity contribution is 5.96. The number of carbonyl (C=O) groups is 2. The molecule has 2 aromatic rings. The number of carbonyl (C=O) groups excluding carboxylic acids is 2. The van der Waals surface area contributed by atoms with E-state index in [0.717, 1.165) is 12.8 Å². The Hall–Kier alpha value is -2.44. The Bertz CT molecular complexity index is 798. The first-order chi connectivity index (χ1) is 12.5. The smallest absolute Gasteiger partial charge is 0.251 e. The summed E-state index contributed by atoms with van der Waals surface area (Å²) >= 11 is 0. The number of amides is 2. The van der Waals surface area contributed by atoms with E-state index in [9.17, 15) is 14.0 Å². The fourth-order valence-corrected chi connectivity index (χ4v) is 3.12. The molecular weight excluding hydrogens is 369 g/mol. The molecule has 2 unspecified atom stereocenters. The first-order valence-electron chi connectivity index (χ1n) is 8.71. The first kappa shape index (κ1) is 20.9. The van der Waals surface area contributed by atoms with Crippen molar-refractivity contribution in [2.45, 2.75) is 31.8 Å². The zero-order valence-electron chi connectivity index (χ0n) is 14.8. The third-order valence-corrected chi connectivity index (χ3v) is 4.66. The van der Waals surface area contributed by atoms with Crippen LogP contribution in [0.2, 0.25) is 0 Å². The largest absolute Gasteiger partial charge is 0.348 e. The van der Waals surface area contributed by atoms with Crippen LogP contribution < -0.4 is 16.4 Å². The molecule has 0 spiro atoms. The van der Waals surface area contributed by atoms with E-state index in [2.05, 4.69) is 10.6 Å². The van der Waals surface area contributed by atoms with Gasteiger partial charge in [-0.15, -0.1) is 12.4 Å². The van der Waals surface area contributed by atoms with E-state index in [1.54, 1.807) is 42.5 Å². The minimum absolute atomic E-state index is 0. The van der Waals surface area contributed by atoms with Crippen LogP contribution in [0.4, 0.5) is 10.1 Å². The second-order valence-corrected chi connectivity index (χ2v) is 6.61. The summed E-state index contributed by atoms with van der Waals surface area (Å²) in [6, 6.07) is 13.0. The first-order valence-corrected chi connectivity index (χ1v) is 8.71. The molecule has 27 heavy (non-hydrogen) atoms. The maximum Gasteiger partial charge on any atom is 0.251 e. The summed E-state index contributed by atoms with van der Waals surface area (Å²) in [4.78, 5) is 24.4. The number of halogens is 2. The van der Waals surface area contributed by atoms with Crippen molar-refractivity contribution in [3.8, 4) is 0 Å². The molecule has 1 aliphatic rings. The van der Waals surface area contributed by atoms with Crippen LogP contribution in [-0.2, 0) is 11.3 Å². The third-order valence-electron chi connectivity index (χ3n) is 4.66. The van der Waals surface area contributed by atoms with E-state index in [1.165, 1.54) is 6.07 Å². The highest BCUT2D eigenvalue weighted by atomic mass is 35.5. The Morgan fingerprint density at radius 2 is 1.78 bits per heavy atom. The summed E-state index contributed by atoms with van der Waals surface area (Å²) in [5.41, 5.74) is 7.36. The molecular formula is C20H23ClFN3O2. The van der Waals surface area contributed by atoms with E-state index in [0.29, 0.717) is 23.2 Å². The summed E-state index contributed by atoms with van der Waals surface area (Å²) in [6.45, 7) is 0.117. The van der Waals surface area contributed by atoms with Crippen molar-refractivity contribution in [1.29, 1.82) is 0 Å². The Labute approximate surface area is 163 Å². The fourth-order valence-electron chi connectivity index (χ4n) is 3.12. The summed E-state index contributed by atoms with van der Waals surface area (Å²) < 4.78 is 13.6. The lowest BCUT2D eigenvalue weighted by Crippen LogP contribution is -2.24.